The summed E-state index contributed by atoms with van der Waals surface area (Å²) in [6.07, 6.45) is 3.34. The predicted octanol–water partition coefficient (Wildman–Crippen LogP) is 1.50. The number of carbonyl (C=O) groups is 1. The molecule has 5 heteroatoms. The van der Waals surface area contributed by atoms with E-state index in [4.69, 9.17) is 5.41 Å². The Balaban J connectivity index is 2.55. The van der Waals surface area contributed by atoms with Gasteiger partial charge in [0.2, 0.25) is 9.84 Å². The highest BCUT2D eigenvalue weighted by Gasteiger charge is 2.25. The Kier molecular flexibility index (Phi) is 2.77. The van der Waals surface area contributed by atoms with Crippen molar-refractivity contribution in [2.24, 2.45) is 0 Å². The molecule has 86 valence electrons. The monoisotopic (exact) mass is 247 g/mol. The van der Waals surface area contributed by atoms with Gasteiger partial charge in [-0.05, 0) is 24.3 Å². The molecule has 0 heterocycles. The Bertz CT molecular complexity index is 640. The molecule has 0 bridgehead atoms. The van der Waals surface area contributed by atoms with Crippen molar-refractivity contribution in [3.05, 3.63) is 53.5 Å². The number of nitrogens with one attached hydrogen (secondary N) is 1. The highest BCUT2D eigenvalue weighted by Crippen LogP contribution is 2.22. The van der Waals surface area contributed by atoms with Gasteiger partial charge in [0.15, 0.2) is 5.78 Å². The fourth-order valence-electron chi connectivity index (χ4n) is 1.45. The molecule has 0 unspecified atom stereocenters. The average molecular weight is 247 g/mol. The third-order valence-electron chi connectivity index (χ3n) is 2.30. The van der Waals surface area contributed by atoms with Crippen molar-refractivity contribution in [2.45, 2.75) is 4.90 Å². The predicted molar refractivity (Wildman–Crippen MR) is 63.6 cm³/mol. The molecule has 2 rings (SSSR count). The number of allylic oxidation sites excluding steroid dienone is 4. The zero-order valence-electron chi connectivity index (χ0n) is 8.75. The first kappa shape index (κ1) is 11.5. The van der Waals surface area contributed by atoms with Crippen molar-refractivity contribution in [1.29, 1.82) is 5.41 Å². The van der Waals surface area contributed by atoms with Gasteiger partial charge in [-0.2, -0.15) is 0 Å². The Morgan fingerprint density at radius 3 is 2.29 bits per heavy atom. The van der Waals surface area contributed by atoms with Gasteiger partial charge in [-0.3, -0.25) is 10.2 Å². The first-order valence-electron chi connectivity index (χ1n) is 4.84. The molecule has 0 fully saturated rings. The van der Waals surface area contributed by atoms with Crippen LogP contribution in [0.3, 0.4) is 0 Å². The summed E-state index contributed by atoms with van der Waals surface area (Å²) in [5, 5.41) is 7.55. The SMILES string of the molecule is N=C1C=CC(=O)C=C1S(=O)(=O)c1ccccc1. The maximum absolute atomic E-state index is 12.1. The lowest BCUT2D eigenvalue weighted by Crippen LogP contribution is -2.16. The molecule has 0 radical (unpaired) electrons. The summed E-state index contributed by atoms with van der Waals surface area (Å²) in [6.45, 7) is 0. The Labute approximate surface area is 98.7 Å². The number of hydrogen-bond donors (Lipinski definition) is 1. The van der Waals surface area contributed by atoms with Crippen molar-refractivity contribution in [1.82, 2.24) is 0 Å². The third kappa shape index (κ3) is 2.09. The summed E-state index contributed by atoms with van der Waals surface area (Å²) >= 11 is 0. The first-order chi connectivity index (χ1) is 8.01. The number of benzene rings is 1. The van der Waals surface area contributed by atoms with Crippen molar-refractivity contribution >= 4 is 21.3 Å². The summed E-state index contributed by atoms with van der Waals surface area (Å²) in [5.74, 6) is -0.421. The molecule has 1 N–H and O–H groups in total. The number of ketones is 1. The van der Waals surface area contributed by atoms with Gasteiger partial charge in [0.25, 0.3) is 0 Å². The standard InChI is InChI=1S/C12H9NO3S/c13-11-7-6-9(14)8-12(11)17(15,16)10-4-2-1-3-5-10/h1-8,13H. The number of carbonyl (C=O) groups excluding carboxylic acids is 1. The minimum Gasteiger partial charge on any atom is -0.300 e. The van der Waals surface area contributed by atoms with Gasteiger partial charge in [-0.25, -0.2) is 8.42 Å². The maximum atomic E-state index is 12.1. The Morgan fingerprint density at radius 1 is 1.00 bits per heavy atom. The van der Waals surface area contributed by atoms with Gasteiger partial charge in [-0.1, -0.05) is 18.2 Å². The van der Waals surface area contributed by atoms with Crippen LogP contribution in [0.5, 0.6) is 0 Å². The molecule has 0 spiro atoms. The molecule has 1 aliphatic carbocycles. The summed E-state index contributed by atoms with van der Waals surface area (Å²) in [7, 11) is -3.78. The topological polar surface area (TPSA) is 75.1 Å². The minimum absolute atomic E-state index is 0.0825. The van der Waals surface area contributed by atoms with Crippen LogP contribution in [0.4, 0.5) is 0 Å². The van der Waals surface area contributed by atoms with E-state index in [0.29, 0.717) is 0 Å². The molecule has 0 aliphatic heterocycles. The van der Waals surface area contributed by atoms with E-state index in [2.05, 4.69) is 0 Å². The molecule has 1 aromatic rings. The lowest BCUT2D eigenvalue weighted by Gasteiger charge is -2.10. The van der Waals surface area contributed by atoms with Crippen LogP contribution < -0.4 is 0 Å². The zero-order chi connectivity index (χ0) is 12.5. The Hall–Kier alpha value is -2.01. The van der Waals surface area contributed by atoms with Crippen LogP contribution in [-0.2, 0) is 14.6 Å². The average Bonchev–Trinajstić information content (AvgIpc) is 2.33. The van der Waals surface area contributed by atoms with Crippen molar-refractivity contribution in [2.75, 3.05) is 0 Å². The van der Waals surface area contributed by atoms with Gasteiger partial charge < -0.3 is 0 Å². The van der Waals surface area contributed by atoms with Crippen molar-refractivity contribution in [3.63, 3.8) is 0 Å². The third-order valence-corrected chi connectivity index (χ3v) is 4.11. The summed E-state index contributed by atoms with van der Waals surface area (Å²) in [4.78, 5) is 11.0. The summed E-state index contributed by atoms with van der Waals surface area (Å²) in [6, 6.07) is 7.76. The van der Waals surface area contributed by atoms with Gasteiger partial charge in [0, 0.05) is 6.08 Å². The molecular weight excluding hydrogens is 238 g/mol. The van der Waals surface area contributed by atoms with E-state index >= 15 is 0 Å². The van der Waals surface area contributed by atoms with Crippen LogP contribution in [-0.4, -0.2) is 19.9 Å². The molecule has 0 amide bonds. The van der Waals surface area contributed by atoms with Gasteiger partial charge in [0.05, 0.1) is 10.6 Å². The molecule has 0 atom stereocenters. The lowest BCUT2D eigenvalue weighted by atomic mass is 10.2. The van der Waals surface area contributed by atoms with Crippen LogP contribution in [0.25, 0.3) is 0 Å². The zero-order valence-corrected chi connectivity index (χ0v) is 9.57. The van der Waals surface area contributed by atoms with E-state index in [0.717, 1.165) is 6.08 Å². The molecule has 0 saturated heterocycles. The first-order valence-corrected chi connectivity index (χ1v) is 6.33. The summed E-state index contributed by atoms with van der Waals surface area (Å²) in [5.41, 5.74) is -0.173. The molecule has 0 aromatic heterocycles. The second kappa shape index (κ2) is 4.10. The highest BCUT2D eigenvalue weighted by atomic mass is 32.2. The fourth-order valence-corrected chi connectivity index (χ4v) is 2.85. The molecule has 0 saturated carbocycles. The summed E-state index contributed by atoms with van der Waals surface area (Å²) < 4.78 is 24.3. The quantitative estimate of drug-likeness (QED) is 0.805. The van der Waals surface area contributed by atoms with Gasteiger partial charge in [0.1, 0.15) is 4.91 Å². The molecule has 1 aliphatic rings. The van der Waals surface area contributed by atoms with E-state index in [1.165, 1.54) is 24.3 Å². The fraction of sp³-hybridized carbons (Fsp3) is 0. The van der Waals surface area contributed by atoms with E-state index in [1.807, 2.05) is 0 Å². The number of hydrogen-bond acceptors (Lipinski definition) is 4. The van der Waals surface area contributed by atoms with Crippen LogP contribution in [0.1, 0.15) is 0 Å². The van der Waals surface area contributed by atoms with E-state index in [-0.39, 0.29) is 15.5 Å². The normalized spacial score (nSPS) is 15.9. The van der Waals surface area contributed by atoms with Gasteiger partial charge >= 0.3 is 0 Å². The largest absolute Gasteiger partial charge is 0.300 e. The van der Waals surface area contributed by atoms with Crippen LogP contribution in [0, 0.1) is 5.41 Å². The smallest absolute Gasteiger partial charge is 0.208 e. The van der Waals surface area contributed by atoms with E-state index in [9.17, 15) is 13.2 Å². The van der Waals surface area contributed by atoms with E-state index < -0.39 is 15.6 Å². The second-order valence-corrected chi connectivity index (χ2v) is 5.39. The van der Waals surface area contributed by atoms with Crippen LogP contribution in [0.15, 0.2) is 58.4 Å². The minimum atomic E-state index is -3.78. The second-order valence-electron chi connectivity index (χ2n) is 3.47. The van der Waals surface area contributed by atoms with Crippen LogP contribution >= 0.6 is 0 Å². The number of rotatable bonds is 2. The number of sulfone groups is 1. The van der Waals surface area contributed by atoms with Crippen LogP contribution in [0.2, 0.25) is 0 Å². The molecule has 4 nitrogen and oxygen atoms in total. The maximum Gasteiger partial charge on any atom is 0.208 e. The molecule has 1 aromatic carbocycles. The van der Waals surface area contributed by atoms with Crippen molar-refractivity contribution in [3.8, 4) is 0 Å². The molecular formula is C12H9NO3S. The highest BCUT2D eigenvalue weighted by molar-refractivity contribution is 7.96. The lowest BCUT2D eigenvalue weighted by molar-refractivity contribution is -0.110. The van der Waals surface area contributed by atoms with E-state index in [1.54, 1.807) is 18.2 Å². The Morgan fingerprint density at radius 2 is 1.65 bits per heavy atom. The van der Waals surface area contributed by atoms with Gasteiger partial charge in [-0.15, -0.1) is 0 Å². The van der Waals surface area contributed by atoms with Crippen molar-refractivity contribution < 1.29 is 13.2 Å². The molecule has 17 heavy (non-hydrogen) atoms.